The van der Waals surface area contributed by atoms with Gasteiger partial charge in [0.2, 0.25) is 0 Å². The molecule has 0 aliphatic heterocycles. The molecule has 0 bridgehead atoms. The summed E-state index contributed by atoms with van der Waals surface area (Å²) in [6, 6.07) is 14.6. The van der Waals surface area contributed by atoms with Crippen molar-refractivity contribution in [3.63, 3.8) is 0 Å². The Morgan fingerprint density at radius 1 is 1.10 bits per heavy atom. The summed E-state index contributed by atoms with van der Waals surface area (Å²) in [7, 11) is 1.55. The highest BCUT2D eigenvalue weighted by atomic mass is 19.1. The number of hydrogen-bond acceptors (Lipinski definition) is 2. The molecule has 0 fully saturated rings. The van der Waals surface area contributed by atoms with E-state index < -0.39 is 0 Å². The minimum Gasteiger partial charge on any atom is -0.399 e. The van der Waals surface area contributed by atoms with Crippen molar-refractivity contribution in [1.82, 2.24) is 0 Å². The van der Waals surface area contributed by atoms with Crippen molar-refractivity contribution in [3.8, 4) is 0 Å². The molecule has 1 aliphatic rings. The molecule has 0 radical (unpaired) electrons. The Hall–Kier alpha value is -2.42. The van der Waals surface area contributed by atoms with E-state index in [1.807, 2.05) is 24.3 Å². The van der Waals surface area contributed by atoms with Gasteiger partial charge < -0.3 is 4.84 Å². The number of halogens is 1. The predicted molar refractivity (Wildman–Crippen MR) is 78.1 cm³/mol. The number of fused-ring (bicyclic) bond motifs is 1. The first-order valence-electron chi connectivity index (χ1n) is 6.44. The third kappa shape index (κ3) is 2.35. The Labute approximate surface area is 117 Å². The van der Waals surface area contributed by atoms with Crippen LogP contribution >= 0.6 is 0 Å². The lowest BCUT2D eigenvalue weighted by Crippen LogP contribution is -1.99. The largest absolute Gasteiger partial charge is 0.399 e. The third-order valence-electron chi connectivity index (χ3n) is 3.35. The van der Waals surface area contributed by atoms with Crippen LogP contribution in [0, 0.1) is 5.82 Å². The van der Waals surface area contributed by atoms with Crippen molar-refractivity contribution in [2.75, 3.05) is 7.11 Å². The summed E-state index contributed by atoms with van der Waals surface area (Å²) in [6.45, 7) is 0. The molecule has 0 amide bonds. The average molecular weight is 267 g/mol. The molecule has 100 valence electrons. The van der Waals surface area contributed by atoms with Gasteiger partial charge in [0, 0.05) is 12.0 Å². The lowest BCUT2D eigenvalue weighted by Gasteiger charge is -2.01. The fourth-order valence-electron chi connectivity index (χ4n) is 2.45. The Morgan fingerprint density at radius 3 is 2.60 bits per heavy atom. The van der Waals surface area contributed by atoms with Gasteiger partial charge in [-0.05, 0) is 34.9 Å². The molecule has 0 unspecified atom stereocenters. The number of rotatable bonds is 2. The average Bonchev–Trinajstić information content (AvgIpc) is 2.80. The number of oxime groups is 1. The maximum atomic E-state index is 12.9. The van der Waals surface area contributed by atoms with E-state index in [4.69, 9.17) is 4.84 Å². The topological polar surface area (TPSA) is 21.6 Å². The molecule has 3 rings (SSSR count). The van der Waals surface area contributed by atoms with Crippen LogP contribution in [0.15, 0.2) is 59.3 Å². The Bertz CT molecular complexity index is 686. The molecule has 1 aliphatic carbocycles. The summed E-state index contributed by atoms with van der Waals surface area (Å²) >= 11 is 0. The molecule has 0 heterocycles. The lowest BCUT2D eigenvalue weighted by molar-refractivity contribution is 0.214. The quantitative estimate of drug-likeness (QED) is 0.758. The van der Waals surface area contributed by atoms with Gasteiger partial charge in [-0.1, -0.05) is 41.6 Å². The summed E-state index contributed by atoms with van der Waals surface area (Å²) in [4.78, 5) is 4.96. The Kier molecular flexibility index (Phi) is 3.33. The van der Waals surface area contributed by atoms with E-state index in [1.165, 1.54) is 17.7 Å². The summed E-state index contributed by atoms with van der Waals surface area (Å²) in [5.41, 5.74) is 5.23. The number of allylic oxidation sites excluding steroid dienone is 1. The zero-order chi connectivity index (χ0) is 13.9. The molecule has 0 aromatic heterocycles. The zero-order valence-electron chi connectivity index (χ0n) is 11.1. The van der Waals surface area contributed by atoms with Gasteiger partial charge in [0.1, 0.15) is 18.6 Å². The van der Waals surface area contributed by atoms with Crippen LogP contribution in [-0.4, -0.2) is 12.8 Å². The van der Waals surface area contributed by atoms with Crippen molar-refractivity contribution in [2.24, 2.45) is 5.16 Å². The number of benzene rings is 2. The third-order valence-corrected chi connectivity index (χ3v) is 3.35. The van der Waals surface area contributed by atoms with Crippen LogP contribution < -0.4 is 0 Å². The van der Waals surface area contributed by atoms with Crippen molar-refractivity contribution in [3.05, 3.63) is 76.6 Å². The second-order valence-corrected chi connectivity index (χ2v) is 4.68. The van der Waals surface area contributed by atoms with Crippen molar-refractivity contribution in [1.29, 1.82) is 0 Å². The van der Waals surface area contributed by atoms with Crippen molar-refractivity contribution >= 4 is 11.8 Å². The second kappa shape index (κ2) is 5.29. The summed E-state index contributed by atoms with van der Waals surface area (Å²) in [5.74, 6) is -0.229. The normalized spacial score (nSPS) is 17.5. The van der Waals surface area contributed by atoms with Gasteiger partial charge in [-0.2, -0.15) is 0 Å². The van der Waals surface area contributed by atoms with Crippen LogP contribution in [-0.2, 0) is 11.3 Å². The minimum absolute atomic E-state index is 0.229. The first-order valence-corrected chi connectivity index (χ1v) is 6.44. The molecule has 0 saturated carbocycles. The van der Waals surface area contributed by atoms with Crippen LogP contribution in [0.25, 0.3) is 6.08 Å². The molecule has 2 nitrogen and oxygen atoms in total. The second-order valence-electron chi connectivity index (χ2n) is 4.68. The van der Waals surface area contributed by atoms with Crippen LogP contribution in [0.1, 0.15) is 16.7 Å². The minimum atomic E-state index is -0.229. The van der Waals surface area contributed by atoms with Crippen LogP contribution in [0.4, 0.5) is 4.39 Å². The summed E-state index contributed by atoms with van der Waals surface area (Å²) in [5, 5.41) is 4.13. The molecule has 0 atom stereocenters. The lowest BCUT2D eigenvalue weighted by atomic mass is 10.1. The van der Waals surface area contributed by atoms with Gasteiger partial charge in [-0.15, -0.1) is 0 Å². The van der Waals surface area contributed by atoms with Gasteiger partial charge >= 0.3 is 0 Å². The maximum absolute atomic E-state index is 12.9. The fraction of sp³-hybridized carbons (Fsp3) is 0.118. The van der Waals surface area contributed by atoms with Gasteiger partial charge in [-0.25, -0.2) is 4.39 Å². The molecule has 3 heteroatoms. The van der Waals surface area contributed by atoms with E-state index in [9.17, 15) is 4.39 Å². The molecule has 20 heavy (non-hydrogen) atoms. The van der Waals surface area contributed by atoms with E-state index in [0.717, 1.165) is 28.8 Å². The van der Waals surface area contributed by atoms with Gasteiger partial charge in [0.05, 0.1) is 0 Å². The molecule has 2 aromatic rings. The van der Waals surface area contributed by atoms with Gasteiger partial charge in [0.25, 0.3) is 0 Å². The van der Waals surface area contributed by atoms with Crippen molar-refractivity contribution < 1.29 is 9.23 Å². The monoisotopic (exact) mass is 267 g/mol. The van der Waals surface area contributed by atoms with Crippen molar-refractivity contribution in [2.45, 2.75) is 6.42 Å². The highest BCUT2D eigenvalue weighted by molar-refractivity contribution is 6.18. The van der Waals surface area contributed by atoms with Crippen LogP contribution in [0.5, 0.6) is 0 Å². The summed E-state index contributed by atoms with van der Waals surface area (Å²) in [6.07, 6.45) is 2.84. The highest BCUT2D eigenvalue weighted by Crippen LogP contribution is 2.28. The zero-order valence-corrected chi connectivity index (χ0v) is 11.1. The number of hydrogen-bond donors (Lipinski definition) is 0. The Morgan fingerprint density at radius 2 is 1.85 bits per heavy atom. The van der Waals surface area contributed by atoms with E-state index in [2.05, 4.69) is 11.2 Å². The van der Waals surface area contributed by atoms with Crippen LogP contribution in [0.2, 0.25) is 0 Å². The van der Waals surface area contributed by atoms with E-state index in [1.54, 1.807) is 19.2 Å². The SMILES string of the molecule is CON=C1/C(=C/c2ccc(F)cc2)Cc2ccccc21. The smallest absolute Gasteiger partial charge is 0.123 e. The molecule has 2 aromatic carbocycles. The molecular formula is C17H14FNO. The van der Waals surface area contributed by atoms with Crippen LogP contribution in [0.3, 0.4) is 0 Å². The fourth-order valence-corrected chi connectivity index (χ4v) is 2.45. The molecular weight excluding hydrogens is 253 g/mol. The standard InChI is InChI=1S/C17H14FNO/c1-20-19-17-14(10-12-6-8-15(18)9-7-12)11-13-4-2-3-5-16(13)17/h2-10H,11H2,1H3/b14-10+,19-17?. The predicted octanol–water partition coefficient (Wildman–Crippen LogP) is 3.82. The number of nitrogens with zero attached hydrogens (tertiary/aromatic N) is 1. The summed E-state index contributed by atoms with van der Waals surface area (Å²) < 4.78 is 12.9. The van der Waals surface area contributed by atoms with Gasteiger partial charge in [0.15, 0.2) is 0 Å². The maximum Gasteiger partial charge on any atom is 0.123 e. The first-order chi connectivity index (χ1) is 9.78. The highest BCUT2D eigenvalue weighted by Gasteiger charge is 2.22. The molecule has 0 saturated heterocycles. The Balaban J connectivity index is 2.02. The van der Waals surface area contributed by atoms with E-state index in [-0.39, 0.29) is 5.82 Å². The van der Waals surface area contributed by atoms with E-state index >= 15 is 0 Å². The molecule has 0 spiro atoms. The first kappa shape index (κ1) is 12.6. The van der Waals surface area contributed by atoms with Gasteiger partial charge in [-0.3, -0.25) is 0 Å². The van der Waals surface area contributed by atoms with E-state index in [0.29, 0.717) is 0 Å². The molecule has 0 N–H and O–H groups in total.